The van der Waals surface area contributed by atoms with Gasteiger partial charge in [-0.05, 0) is 38.1 Å². The van der Waals surface area contributed by atoms with Gasteiger partial charge in [0.2, 0.25) is 0 Å². The molecule has 0 atom stereocenters. The number of hydrogen-bond acceptors (Lipinski definition) is 3. The van der Waals surface area contributed by atoms with Crippen LogP contribution in [0.1, 0.15) is 27.3 Å². The second kappa shape index (κ2) is 5.38. The summed E-state index contributed by atoms with van der Waals surface area (Å²) in [6.45, 7) is 3.75. The zero-order valence-corrected chi connectivity index (χ0v) is 11.7. The lowest BCUT2D eigenvalue weighted by Gasteiger charge is -2.11. The van der Waals surface area contributed by atoms with Crippen LogP contribution in [-0.2, 0) is 0 Å². The largest absolute Gasteiger partial charge is 0.478 e. The Labute approximate surface area is 120 Å². The number of halogens is 1. The zero-order chi connectivity index (χ0) is 14.9. The Kier molecular flexibility index (Phi) is 3.81. The van der Waals surface area contributed by atoms with Crippen LogP contribution in [0.5, 0.6) is 0 Å². The molecule has 0 aliphatic heterocycles. The predicted octanol–water partition coefficient (Wildman–Crippen LogP) is 3.25. The molecular weight excluding hydrogens is 280 g/mol. The van der Waals surface area contributed by atoms with Crippen LogP contribution in [0.4, 0.5) is 0 Å². The molecule has 0 saturated heterocycles. The molecule has 2 rings (SSSR count). The van der Waals surface area contributed by atoms with Crippen LogP contribution in [-0.4, -0.2) is 27.1 Å². The average Bonchev–Trinajstić information content (AvgIpc) is 2.66. The van der Waals surface area contributed by atoms with E-state index in [4.69, 9.17) is 21.9 Å². The summed E-state index contributed by atoms with van der Waals surface area (Å²) in [5, 5.41) is 21.0. The van der Waals surface area contributed by atoms with Gasteiger partial charge < -0.3 is 14.9 Å². The fourth-order valence-corrected chi connectivity index (χ4v) is 2.39. The Balaban J connectivity index is 2.63. The maximum atomic E-state index is 11.1. The van der Waals surface area contributed by atoms with Crippen LogP contribution in [0.2, 0.25) is 5.02 Å². The quantitative estimate of drug-likeness (QED) is 0.518. The summed E-state index contributed by atoms with van der Waals surface area (Å²) in [6.07, 6.45) is 1.34. The summed E-state index contributed by atoms with van der Waals surface area (Å²) in [7, 11) is 0. The van der Waals surface area contributed by atoms with E-state index in [2.05, 4.69) is 5.16 Å². The minimum absolute atomic E-state index is 0.0500. The SMILES string of the molecule is Cc1cc(C=NO)c(C)n1-c1ccc(Cl)c(C(=O)O)c1. The highest BCUT2D eigenvalue weighted by Gasteiger charge is 2.14. The Morgan fingerprint density at radius 1 is 1.35 bits per heavy atom. The minimum atomic E-state index is -1.07. The predicted molar refractivity (Wildman–Crippen MR) is 76.6 cm³/mol. The van der Waals surface area contributed by atoms with Gasteiger partial charge in [0.25, 0.3) is 0 Å². The average molecular weight is 293 g/mol. The molecule has 2 aromatic rings. The Morgan fingerprint density at radius 2 is 2.05 bits per heavy atom. The summed E-state index contributed by atoms with van der Waals surface area (Å²) in [5.41, 5.74) is 3.25. The lowest BCUT2D eigenvalue weighted by atomic mass is 10.2. The third kappa shape index (κ3) is 2.40. The topological polar surface area (TPSA) is 74.8 Å². The number of hydrogen-bond donors (Lipinski definition) is 2. The molecule has 0 amide bonds. The molecule has 0 fully saturated rings. The molecule has 104 valence electrons. The number of carboxylic acid groups (broad SMARTS) is 1. The number of aromatic carboxylic acids is 1. The number of aromatic nitrogens is 1. The molecule has 0 bridgehead atoms. The normalized spacial score (nSPS) is 11.2. The smallest absolute Gasteiger partial charge is 0.337 e. The molecule has 0 aliphatic carbocycles. The molecular formula is C14H13ClN2O3. The van der Waals surface area contributed by atoms with Crippen molar-refractivity contribution in [2.45, 2.75) is 13.8 Å². The van der Waals surface area contributed by atoms with Crippen molar-refractivity contribution in [1.29, 1.82) is 0 Å². The molecule has 20 heavy (non-hydrogen) atoms. The first-order valence-corrected chi connectivity index (χ1v) is 6.23. The van der Waals surface area contributed by atoms with Gasteiger partial charge in [-0.1, -0.05) is 16.8 Å². The highest BCUT2D eigenvalue weighted by atomic mass is 35.5. The second-order valence-corrected chi connectivity index (χ2v) is 4.78. The minimum Gasteiger partial charge on any atom is -0.478 e. The zero-order valence-electron chi connectivity index (χ0n) is 11.0. The van der Waals surface area contributed by atoms with Gasteiger partial charge in [0.15, 0.2) is 0 Å². The number of carbonyl (C=O) groups is 1. The molecule has 1 aromatic carbocycles. The third-order valence-corrected chi connectivity index (χ3v) is 3.44. The summed E-state index contributed by atoms with van der Waals surface area (Å²) >= 11 is 5.87. The number of aryl methyl sites for hydroxylation is 1. The Hall–Kier alpha value is -2.27. The molecule has 6 heteroatoms. The van der Waals surface area contributed by atoms with Crippen molar-refractivity contribution in [1.82, 2.24) is 4.57 Å². The Morgan fingerprint density at radius 3 is 2.65 bits per heavy atom. The lowest BCUT2D eigenvalue weighted by Crippen LogP contribution is -2.03. The number of benzene rings is 1. The lowest BCUT2D eigenvalue weighted by molar-refractivity contribution is 0.0697. The molecule has 0 saturated carbocycles. The first kappa shape index (κ1) is 14.1. The van der Waals surface area contributed by atoms with E-state index in [0.29, 0.717) is 5.69 Å². The van der Waals surface area contributed by atoms with E-state index >= 15 is 0 Å². The van der Waals surface area contributed by atoms with Gasteiger partial charge in [-0.2, -0.15) is 0 Å². The van der Waals surface area contributed by atoms with Gasteiger partial charge in [-0.25, -0.2) is 4.79 Å². The molecule has 0 unspecified atom stereocenters. The molecule has 0 spiro atoms. The summed E-state index contributed by atoms with van der Waals surface area (Å²) in [4.78, 5) is 11.1. The van der Waals surface area contributed by atoms with Gasteiger partial charge in [0.05, 0.1) is 16.8 Å². The van der Waals surface area contributed by atoms with Gasteiger partial charge >= 0.3 is 5.97 Å². The van der Waals surface area contributed by atoms with Crippen molar-refractivity contribution in [3.8, 4) is 5.69 Å². The molecule has 1 heterocycles. The summed E-state index contributed by atoms with van der Waals surface area (Å²) in [5.74, 6) is -1.07. The van der Waals surface area contributed by atoms with Crippen LogP contribution in [0.15, 0.2) is 29.4 Å². The first-order chi connectivity index (χ1) is 9.45. The highest BCUT2D eigenvalue weighted by Crippen LogP contribution is 2.24. The second-order valence-electron chi connectivity index (χ2n) is 4.38. The molecule has 1 aromatic heterocycles. The van der Waals surface area contributed by atoms with E-state index < -0.39 is 5.97 Å². The van der Waals surface area contributed by atoms with E-state index in [-0.39, 0.29) is 10.6 Å². The van der Waals surface area contributed by atoms with Crippen molar-refractivity contribution >= 4 is 23.8 Å². The van der Waals surface area contributed by atoms with Gasteiger partial charge in [0.1, 0.15) is 0 Å². The summed E-state index contributed by atoms with van der Waals surface area (Å²) in [6, 6.07) is 6.67. The van der Waals surface area contributed by atoms with E-state index in [1.165, 1.54) is 12.3 Å². The van der Waals surface area contributed by atoms with Gasteiger partial charge in [0, 0.05) is 22.6 Å². The monoisotopic (exact) mass is 292 g/mol. The van der Waals surface area contributed by atoms with Crippen LogP contribution in [0, 0.1) is 13.8 Å². The van der Waals surface area contributed by atoms with Crippen molar-refractivity contribution in [3.05, 3.63) is 51.8 Å². The third-order valence-electron chi connectivity index (χ3n) is 3.11. The van der Waals surface area contributed by atoms with Gasteiger partial charge in [-0.15, -0.1) is 0 Å². The van der Waals surface area contributed by atoms with E-state index in [1.807, 2.05) is 24.5 Å². The standard InChI is InChI=1S/C14H13ClN2O3/c1-8-5-10(7-16-20)9(2)17(8)11-3-4-13(15)12(6-11)14(18)19/h3-7,20H,1-2H3,(H,18,19). The Bertz CT molecular complexity index is 705. The number of carboxylic acids is 1. The van der Waals surface area contributed by atoms with Crippen LogP contribution in [0.25, 0.3) is 5.69 Å². The van der Waals surface area contributed by atoms with Crippen molar-refractivity contribution < 1.29 is 15.1 Å². The van der Waals surface area contributed by atoms with Crippen molar-refractivity contribution in [2.75, 3.05) is 0 Å². The van der Waals surface area contributed by atoms with Gasteiger partial charge in [-0.3, -0.25) is 0 Å². The molecule has 0 aliphatic rings. The van der Waals surface area contributed by atoms with Crippen LogP contribution in [0.3, 0.4) is 0 Å². The van der Waals surface area contributed by atoms with Crippen molar-refractivity contribution in [2.24, 2.45) is 5.16 Å². The van der Waals surface area contributed by atoms with Crippen LogP contribution >= 0.6 is 11.6 Å². The molecule has 0 radical (unpaired) electrons. The highest BCUT2D eigenvalue weighted by molar-refractivity contribution is 6.33. The van der Waals surface area contributed by atoms with Crippen LogP contribution < -0.4 is 0 Å². The number of oxime groups is 1. The first-order valence-electron chi connectivity index (χ1n) is 5.85. The number of nitrogens with zero attached hydrogens (tertiary/aromatic N) is 2. The van der Waals surface area contributed by atoms with E-state index in [1.54, 1.807) is 12.1 Å². The maximum absolute atomic E-state index is 11.1. The van der Waals surface area contributed by atoms with E-state index in [0.717, 1.165) is 17.0 Å². The molecule has 5 nitrogen and oxygen atoms in total. The molecule has 2 N–H and O–H groups in total. The fraction of sp³-hybridized carbons (Fsp3) is 0.143. The van der Waals surface area contributed by atoms with Crippen molar-refractivity contribution in [3.63, 3.8) is 0 Å². The number of rotatable bonds is 3. The van der Waals surface area contributed by atoms with E-state index in [9.17, 15) is 4.79 Å². The fourth-order valence-electron chi connectivity index (χ4n) is 2.19. The summed E-state index contributed by atoms with van der Waals surface area (Å²) < 4.78 is 1.87. The maximum Gasteiger partial charge on any atom is 0.337 e.